The highest BCUT2D eigenvalue weighted by molar-refractivity contribution is 6.65. The zero-order valence-electron chi connectivity index (χ0n) is 7.96. The topological polar surface area (TPSA) is 85.3 Å². The molecule has 0 amide bonds. The predicted molar refractivity (Wildman–Crippen MR) is 45.6 cm³/mol. The monoisotopic (exact) mass is 198 g/mol. The molecule has 0 atom stereocenters. The van der Waals surface area contributed by atoms with Gasteiger partial charge in [0, 0.05) is 0 Å². The Kier molecular flexibility index (Phi) is 4.55. The van der Waals surface area contributed by atoms with Gasteiger partial charge in [-0.2, -0.15) is 0 Å². The highest BCUT2D eigenvalue weighted by Gasteiger charge is 2.23. The molecule has 14 heavy (non-hydrogen) atoms. The van der Waals surface area contributed by atoms with Crippen molar-refractivity contribution < 1.29 is 24.0 Å². The molecule has 0 heterocycles. The minimum atomic E-state index is -1.27. The SMILES string of the molecule is CC(=O)CC(=O)C(=O)C(=O)CC(C)=O. The Hall–Kier alpha value is -1.65. The average Bonchev–Trinajstić information content (AvgIpc) is 2.00. The molecular formula is C9H10O5. The van der Waals surface area contributed by atoms with Crippen LogP contribution < -0.4 is 0 Å². The van der Waals surface area contributed by atoms with E-state index < -0.39 is 41.8 Å². The molecule has 0 unspecified atom stereocenters. The summed E-state index contributed by atoms with van der Waals surface area (Å²) in [6.07, 6.45) is -1.16. The molecule has 0 radical (unpaired) electrons. The van der Waals surface area contributed by atoms with E-state index >= 15 is 0 Å². The maximum Gasteiger partial charge on any atom is 0.264 e. The first-order chi connectivity index (χ1) is 6.34. The first-order valence-electron chi connectivity index (χ1n) is 3.93. The number of carbonyl (C=O) groups excluding carboxylic acids is 5. The zero-order chi connectivity index (χ0) is 11.3. The Morgan fingerprint density at radius 1 is 0.714 bits per heavy atom. The van der Waals surface area contributed by atoms with Crippen LogP contribution in [0.2, 0.25) is 0 Å². The predicted octanol–water partition coefficient (Wildman–Crippen LogP) is -0.348. The Morgan fingerprint density at radius 3 is 1.21 bits per heavy atom. The highest BCUT2D eigenvalue weighted by Crippen LogP contribution is 1.93. The Balaban J connectivity index is 4.32. The molecule has 5 heteroatoms. The summed E-state index contributed by atoms with van der Waals surface area (Å²) in [4.78, 5) is 53.6. The molecule has 0 aliphatic carbocycles. The van der Waals surface area contributed by atoms with Gasteiger partial charge in [0.25, 0.3) is 5.78 Å². The van der Waals surface area contributed by atoms with E-state index in [1.54, 1.807) is 0 Å². The Morgan fingerprint density at radius 2 is 1.00 bits per heavy atom. The number of hydrogen-bond donors (Lipinski definition) is 0. The third-order valence-electron chi connectivity index (χ3n) is 1.33. The molecule has 0 aromatic heterocycles. The fourth-order valence-electron chi connectivity index (χ4n) is 0.768. The van der Waals surface area contributed by atoms with Crippen LogP contribution >= 0.6 is 0 Å². The van der Waals surface area contributed by atoms with Gasteiger partial charge >= 0.3 is 0 Å². The molecule has 0 aromatic rings. The molecule has 0 bridgehead atoms. The van der Waals surface area contributed by atoms with Crippen LogP contribution in [0.4, 0.5) is 0 Å². The van der Waals surface area contributed by atoms with Gasteiger partial charge in [0.05, 0.1) is 12.8 Å². The van der Waals surface area contributed by atoms with E-state index in [1.807, 2.05) is 0 Å². The summed E-state index contributed by atoms with van der Waals surface area (Å²) in [5.74, 6) is -4.35. The average molecular weight is 198 g/mol. The molecule has 0 spiro atoms. The van der Waals surface area contributed by atoms with Crippen molar-refractivity contribution in [3.05, 3.63) is 0 Å². The summed E-state index contributed by atoms with van der Waals surface area (Å²) in [5, 5.41) is 0. The molecule has 0 aliphatic rings. The summed E-state index contributed by atoms with van der Waals surface area (Å²) < 4.78 is 0. The van der Waals surface area contributed by atoms with Gasteiger partial charge in [-0.05, 0) is 13.8 Å². The number of carbonyl (C=O) groups is 5. The highest BCUT2D eigenvalue weighted by atomic mass is 16.2. The summed E-state index contributed by atoms with van der Waals surface area (Å²) in [7, 11) is 0. The van der Waals surface area contributed by atoms with Crippen molar-refractivity contribution in [2.45, 2.75) is 26.7 Å². The first kappa shape index (κ1) is 12.3. The number of hydrogen-bond acceptors (Lipinski definition) is 5. The molecule has 0 saturated carbocycles. The zero-order valence-corrected chi connectivity index (χ0v) is 7.96. The van der Waals surface area contributed by atoms with Gasteiger partial charge in [-0.25, -0.2) is 0 Å². The lowest BCUT2D eigenvalue weighted by Gasteiger charge is -1.95. The van der Waals surface area contributed by atoms with Crippen LogP contribution in [0.15, 0.2) is 0 Å². The standard InChI is InChI=1S/C9H10O5/c1-5(10)3-7(12)9(14)8(13)4-6(2)11/h3-4H2,1-2H3. The summed E-state index contributed by atoms with van der Waals surface area (Å²) in [5.41, 5.74) is 0. The van der Waals surface area contributed by atoms with E-state index in [-0.39, 0.29) is 0 Å². The van der Waals surface area contributed by atoms with Gasteiger partial charge in [0.2, 0.25) is 11.6 Å². The third kappa shape index (κ3) is 4.39. The van der Waals surface area contributed by atoms with E-state index in [0.717, 1.165) is 13.8 Å². The first-order valence-corrected chi connectivity index (χ1v) is 3.93. The van der Waals surface area contributed by atoms with Crippen molar-refractivity contribution in [3.8, 4) is 0 Å². The van der Waals surface area contributed by atoms with Crippen molar-refractivity contribution >= 4 is 28.9 Å². The lowest BCUT2D eigenvalue weighted by molar-refractivity contribution is -0.145. The van der Waals surface area contributed by atoms with Crippen molar-refractivity contribution in [2.75, 3.05) is 0 Å². The van der Waals surface area contributed by atoms with Crippen molar-refractivity contribution in [1.82, 2.24) is 0 Å². The maximum atomic E-state index is 10.9. The fourth-order valence-corrected chi connectivity index (χ4v) is 0.768. The van der Waals surface area contributed by atoms with E-state index in [2.05, 4.69) is 0 Å². The Labute approximate surface area is 80.5 Å². The van der Waals surface area contributed by atoms with Gasteiger partial charge in [-0.3, -0.25) is 24.0 Å². The van der Waals surface area contributed by atoms with Gasteiger partial charge in [0.1, 0.15) is 11.6 Å². The molecule has 0 N–H and O–H groups in total. The van der Waals surface area contributed by atoms with Crippen LogP contribution in [0.5, 0.6) is 0 Å². The molecule has 0 aromatic carbocycles. The molecule has 0 fully saturated rings. The molecular weight excluding hydrogens is 188 g/mol. The number of Topliss-reactive ketones (excluding diaryl/α,β-unsaturated/α-hetero) is 5. The smallest absolute Gasteiger partial charge is 0.264 e. The van der Waals surface area contributed by atoms with Crippen molar-refractivity contribution in [2.24, 2.45) is 0 Å². The van der Waals surface area contributed by atoms with E-state index in [9.17, 15) is 24.0 Å². The van der Waals surface area contributed by atoms with Crippen LogP contribution in [0.1, 0.15) is 26.7 Å². The molecule has 0 rings (SSSR count). The number of rotatable bonds is 6. The Bertz CT molecular complexity index is 283. The minimum absolute atomic E-state index is 0.487. The van der Waals surface area contributed by atoms with E-state index in [4.69, 9.17) is 0 Å². The maximum absolute atomic E-state index is 10.9. The molecule has 0 saturated heterocycles. The van der Waals surface area contributed by atoms with Gasteiger partial charge in [-0.15, -0.1) is 0 Å². The van der Waals surface area contributed by atoms with Crippen LogP contribution in [-0.2, 0) is 24.0 Å². The lowest BCUT2D eigenvalue weighted by atomic mass is 10.1. The van der Waals surface area contributed by atoms with Crippen LogP contribution in [0.25, 0.3) is 0 Å². The van der Waals surface area contributed by atoms with Crippen LogP contribution in [-0.4, -0.2) is 28.9 Å². The van der Waals surface area contributed by atoms with Gasteiger partial charge < -0.3 is 0 Å². The summed E-state index contributed by atoms with van der Waals surface area (Å²) in [6, 6.07) is 0. The van der Waals surface area contributed by atoms with Crippen molar-refractivity contribution in [1.29, 1.82) is 0 Å². The second-order valence-electron chi connectivity index (χ2n) is 2.93. The normalized spacial score (nSPS) is 9.29. The van der Waals surface area contributed by atoms with E-state index in [1.165, 1.54) is 0 Å². The second kappa shape index (κ2) is 5.16. The van der Waals surface area contributed by atoms with Crippen LogP contribution in [0.3, 0.4) is 0 Å². The summed E-state index contributed by atoms with van der Waals surface area (Å²) >= 11 is 0. The van der Waals surface area contributed by atoms with E-state index in [0.29, 0.717) is 0 Å². The van der Waals surface area contributed by atoms with Crippen LogP contribution in [0, 0.1) is 0 Å². The lowest BCUT2D eigenvalue weighted by Crippen LogP contribution is -2.26. The van der Waals surface area contributed by atoms with Crippen molar-refractivity contribution in [3.63, 3.8) is 0 Å². The molecule has 5 nitrogen and oxygen atoms in total. The molecule has 0 aliphatic heterocycles. The van der Waals surface area contributed by atoms with Gasteiger partial charge in [-0.1, -0.05) is 0 Å². The quantitative estimate of drug-likeness (QED) is 0.430. The molecule has 76 valence electrons. The largest absolute Gasteiger partial charge is 0.300 e. The minimum Gasteiger partial charge on any atom is -0.300 e. The third-order valence-corrected chi connectivity index (χ3v) is 1.33. The number of ketones is 5. The van der Waals surface area contributed by atoms with Gasteiger partial charge in [0.15, 0.2) is 0 Å². The fraction of sp³-hybridized carbons (Fsp3) is 0.444. The second-order valence-corrected chi connectivity index (χ2v) is 2.93. The summed E-state index contributed by atoms with van der Waals surface area (Å²) in [6.45, 7) is 2.28.